The number of nitrogens with two attached hydrogens (primary N) is 1. The Balaban J connectivity index is 2.66. The highest BCUT2D eigenvalue weighted by atomic mass is 32.2. The van der Waals surface area contributed by atoms with E-state index < -0.39 is 18.1 Å². The van der Waals surface area contributed by atoms with Crippen molar-refractivity contribution in [2.45, 2.75) is 50.9 Å². The minimum atomic E-state index is -0.705. The van der Waals surface area contributed by atoms with Crippen molar-refractivity contribution in [3.8, 4) is 0 Å². The maximum atomic E-state index is 12.3. The van der Waals surface area contributed by atoms with Gasteiger partial charge in [0.05, 0.1) is 12.6 Å². The number of nitrogens with one attached hydrogen (secondary N) is 1. The summed E-state index contributed by atoms with van der Waals surface area (Å²) in [6.07, 6.45) is 0.425. The van der Waals surface area contributed by atoms with Gasteiger partial charge >= 0.3 is 5.97 Å². The third kappa shape index (κ3) is 7.84. The number of hydrogen-bond donors (Lipinski definition) is 2. The lowest BCUT2D eigenvalue weighted by Gasteiger charge is -2.23. The highest BCUT2D eigenvalue weighted by molar-refractivity contribution is 8.00. The lowest BCUT2D eigenvalue weighted by Crippen LogP contribution is -2.51. The molecule has 1 amide bonds. The summed E-state index contributed by atoms with van der Waals surface area (Å²) in [5.74, 6) is -0.313. The summed E-state index contributed by atoms with van der Waals surface area (Å²) >= 11 is 1.60. The summed E-state index contributed by atoms with van der Waals surface area (Å²) in [7, 11) is 0. The first-order chi connectivity index (χ1) is 11.2. The summed E-state index contributed by atoms with van der Waals surface area (Å²) in [4.78, 5) is 24.4. The van der Waals surface area contributed by atoms with Crippen LogP contribution in [0.5, 0.6) is 0 Å². The Kier molecular flexibility index (Phi) is 8.28. The molecule has 1 rings (SSSR count). The number of benzene rings is 1. The van der Waals surface area contributed by atoms with Crippen LogP contribution in [0.15, 0.2) is 30.3 Å². The van der Waals surface area contributed by atoms with E-state index in [1.54, 1.807) is 18.7 Å². The Morgan fingerprint density at radius 3 is 2.42 bits per heavy atom. The molecule has 1 aromatic carbocycles. The number of amides is 1. The van der Waals surface area contributed by atoms with Crippen molar-refractivity contribution in [2.75, 3.05) is 12.4 Å². The Morgan fingerprint density at radius 1 is 1.25 bits per heavy atom. The number of esters is 1. The minimum Gasteiger partial charge on any atom is -0.464 e. The molecule has 5 nitrogen and oxygen atoms in total. The molecule has 0 saturated heterocycles. The molecule has 0 heterocycles. The molecule has 0 radical (unpaired) electrons. The maximum Gasteiger partial charge on any atom is 0.329 e. The van der Waals surface area contributed by atoms with Gasteiger partial charge in [-0.2, -0.15) is 11.8 Å². The highest BCUT2D eigenvalue weighted by Crippen LogP contribution is 2.24. The molecule has 0 bridgehead atoms. The molecule has 2 atom stereocenters. The number of thioether (sulfide) groups is 1. The van der Waals surface area contributed by atoms with E-state index in [0.29, 0.717) is 12.2 Å². The number of ether oxygens (including phenoxy) is 1. The number of carbonyl (C=O) groups excluding carboxylic acids is 2. The maximum absolute atomic E-state index is 12.3. The molecule has 1 aromatic rings. The first-order valence-corrected chi connectivity index (χ1v) is 9.12. The third-order valence-electron chi connectivity index (χ3n) is 3.21. The minimum absolute atomic E-state index is 0.0123. The van der Waals surface area contributed by atoms with Crippen molar-refractivity contribution >= 4 is 23.6 Å². The molecule has 0 fully saturated rings. The van der Waals surface area contributed by atoms with Gasteiger partial charge in [-0.3, -0.25) is 4.79 Å². The lowest BCUT2D eigenvalue weighted by molar-refractivity contribution is -0.146. The smallest absolute Gasteiger partial charge is 0.329 e. The zero-order chi connectivity index (χ0) is 18.2. The van der Waals surface area contributed by atoms with Crippen LogP contribution in [0, 0.1) is 0 Å². The Bertz CT molecular complexity index is 529. The van der Waals surface area contributed by atoms with Gasteiger partial charge in [-0.15, -0.1) is 0 Å². The van der Waals surface area contributed by atoms with Crippen LogP contribution in [0.1, 0.15) is 33.3 Å². The molecular formula is C18H28N2O3S. The van der Waals surface area contributed by atoms with E-state index in [1.165, 1.54) is 0 Å². The summed E-state index contributed by atoms with van der Waals surface area (Å²) < 4.78 is 5.05. The first-order valence-electron chi connectivity index (χ1n) is 8.13. The first kappa shape index (κ1) is 20.5. The molecule has 0 aliphatic carbocycles. The van der Waals surface area contributed by atoms with E-state index in [9.17, 15) is 9.59 Å². The molecule has 3 N–H and O–H groups in total. The van der Waals surface area contributed by atoms with Gasteiger partial charge in [-0.25, -0.2) is 4.79 Å². The monoisotopic (exact) mass is 352 g/mol. The van der Waals surface area contributed by atoms with Gasteiger partial charge in [-0.05, 0) is 18.9 Å². The van der Waals surface area contributed by atoms with Crippen LogP contribution in [0.25, 0.3) is 0 Å². The largest absolute Gasteiger partial charge is 0.464 e. The summed E-state index contributed by atoms with van der Waals surface area (Å²) in [6.45, 7) is 8.20. The predicted octanol–water partition coefficient (Wildman–Crippen LogP) is 2.14. The van der Waals surface area contributed by atoms with E-state index in [1.807, 2.05) is 30.3 Å². The van der Waals surface area contributed by atoms with E-state index in [4.69, 9.17) is 10.5 Å². The molecule has 0 spiro atoms. The van der Waals surface area contributed by atoms with Crippen molar-refractivity contribution < 1.29 is 14.3 Å². The van der Waals surface area contributed by atoms with E-state index in [2.05, 4.69) is 26.1 Å². The van der Waals surface area contributed by atoms with Crippen LogP contribution >= 0.6 is 11.8 Å². The second-order valence-corrected chi connectivity index (χ2v) is 8.38. The second kappa shape index (κ2) is 9.69. The third-order valence-corrected chi connectivity index (χ3v) is 4.57. The molecule has 0 aliphatic heterocycles. The molecule has 6 heteroatoms. The average Bonchev–Trinajstić information content (AvgIpc) is 2.51. The van der Waals surface area contributed by atoms with Gasteiger partial charge in [0.15, 0.2) is 0 Å². The van der Waals surface area contributed by atoms with E-state index in [-0.39, 0.29) is 17.3 Å². The zero-order valence-electron chi connectivity index (χ0n) is 14.9. The van der Waals surface area contributed by atoms with Crippen LogP contribution in [0.3, 0.4) is 0 Å². The second-order valence-electron chi connectivity index (χ2n) is 6.53. The Hall–Kier alpha value is -1.53. The van der Waals surface area contributed by atoms with Crippen molar-refractivity contribution in [3.63, 3.8) is 0 Å². The summed E-state index contributed by atoms with van der Waals surface area (Å²) in [5, 5.41) is 2.73. The van der Waals surface area contributed by atoms with Crippen molar-refractivity contribution in [2.24, 2.45) is 5.73 Å². The Labute approximate surface area is 148 Å². The van der Waals surface area contributed by atoms with Crippen LogP contribution in [-0.4, -0.2) is 41.1 Å². The van der Waals surface area contributed by atoms with Gasteiger partial charge in [0.25, 0.3) is 0 Å². The van der Waals surface area contributed by atoms with Gasteiger partial charge in [0.1, 0.15) is 6.04 Å². The number of hydrogen-bond acceptors (Lipinski definition) is 5. The number of carbonyl (C=O) groups is 2. The SMILES string of the molecule is CCOC(=O)[C@H](CSC(C)(C)C)NC(=O)[C@@H](N)Cc1ccccc1. The standard InChI is InChI=1S/C18H28N2O3S/c1-5-23-17(22)15(12-24-18(2,3)4)20-16(21)14(19)11-13-9-7-6-8-10-13/h6-10,14-15H,5,11-12,19H2,1-4H3,(H,20,21)/t14-,15-/m0/s1. The zero-order valence-corrected chi connectivity index (χ0v) is 15.7. The average molecular weight is 353 g/mol. The van der Waals surface area contributed by atoms with Crippen molar-refractivity contribution in [3.05, 3.63) is 35.9 Å². The molecule has 0 aliphatic rings. The van der Waals surface area contributed by atoms with Crippen molar-refractivity contribution in [1.29, 1.82) is 0 Å². The summed E-state index contributed by atoms with van der Waals surface area (Å²) in [6, 6.07) is 8.17. The normalized spacial score (nSPS) is 13.9. The molecular weight excluding hydrogens is 324 g/mol. The van der Waals surface area contributed by atoms with Crippen molar-refractivity contribution in [1.82, 2.24) is 5.32 Å². The van der Waals surface area contributed by atoms with Crippen LogP contribution < -0.4 is 11.1 Å². The molecule has 134 valence electrons. The lowest BCUT2D eigenvalue weighted by atomic mass is 10.1. The fourth-order valence-corrected chi connectivity index (χ4v) is 2.87. The molecule has 24 heavy (non-hydrogen) atoms. The number of rotatable bonds is 8. The fourth-order valence-electron chi connectivity index (χ4n) is 1.98. The molecule has 0 unspecified atom stereocenters. The van der Waals surface area contributed by atoms with Gasteiger partial charge < -0.3 is 15.8 Å². The van der Waals surface area contributed by atoms with E-state index in [0.717, 1.165) is 5.56 Å². The van der Waals surface area contributed by atoms with Crippen LogP contribution in [0.2, 0.25) is 0 Å². The Morgan fingerprint density at radius 2 is 1.88 bits per heavy atom. The molecule has 0 saturated carbocycles. The predicted molar refractivity (Wildman–Crippen MR) is 98.9 cm³/mol. The molecule has 0 aromatic heterocycles. The highest BCUT2D eigenvalue weighted by Gasteiger charge is 2.26. The quantitative estimate of drug-likeness (QED) is 0.701. The summed E-state index contributed by atoms with van der Waals surface area (Å²) in [5.41, 5.74) is 6.97. The van der Waals surface area contributed by atoms with Crippen LogP contribution in [-0.2, 0) is 20.7 Å². The van der Waals surface area contributed by atoms with Gasteiger partial charge in [0.2, 0.25) is 5.91 Å². The van der Waals surface area contributed by atoms with E-state index >= 15 is 0 Å². The topological polar surface area (TPSA) is 81.4 Å². The van der Waals surface area contributed by atoms with Gasteiger partial charge in [0, 0.05) is 10.5 Å². The van der Waals surface area contributed by atoms with Gasteiger partial charge in [-0.1, -0.05) is 51.1 Å². The van der Waals surface area contributed by atoms with Crippen LogP contribution in [0.4, 0.5) is 0 Å². The fraction of sp³-hybridized carbons (Fsp3) is 0.556.